The topological polar surface area (TPSA) is 44.5 Å². The third-order valence-corrected chi connectivity index (χ3v) is 4.75. The monoisotopic (exact) mass is 295 g/mol. The first-order valence-electron chi connectivity index (χ1n) is 7.68. The van der Waals surface area contributed by atoms with Gasteiger partial charge in [-0.25, -0.2) is 4.39 Å². The van der Waals surface area contributed by atoms with Crippen molar-refractivity contribution in [3.05, 3.63) is 23.3 Å². The molecule has 118 valence electrons. The normalized spacial score (nSPS) is 19.1. The second kappa shape index (κ2) is 6.65. The number of hydrogen-bond donors (Lipinski definition) is 1. The fourth-order valence-corrected chi connectivity index (χ4v) is 3.46. The lowest BCUT2D eigenvalue weighted by molar-refractivity contribution is 0.284. The first-order valence-corrected chi connectivity index (χ1v) is 7.68. The van der Waals surface area contributed by atoms with E-state index in [2.05, 4.69) is 0 Å². The third-order valence-electron chi connectivity index (χ3n) is 4.75. The van der Waals surface area contributed by atoms with Gasteiger partial charge >= 0.3 is 0 Å². The first kappa shape index (κ1) is 16.1. The predicted octanol–water partition coefficient (Wildman–Crippen LogP) is 3.89. The second-order valence-electron chi connectivity index (χ2n) is 5.96. The van der Waals surface area contributed by atoms with E-state index in [4.69, 9.17) is 15.2 Å². The lowest BCUT2D eigenvalue weighted by atomic mass is 9.69. The van der Waals surface area contributed by atoms with E-state index < -0.39 is 6.17 Å². The first-order chi connectivity index (χ1) is 10.1. The van der Waals surface area contributed by atoms with E-state index in [1.54, 1.807) is 20.3 Å². The van der Waals surface area contributed by atoms with Crippen LogP contribution in [-0.2, 0) is 5.41 Å². The molecule has 1 aliphatic rings. The summed E-state index contributed by atoms with van der Waals surface area (Å²) in [7, 11) is 3.21. The molecule has 0 saturated heterocycles. The fourth-order valence-electron chi connectivity index (χ4n) is 3.46. The van der Waals surface area contributed by atoms with Gasteiger partial charge in [0.05, 0.1) is 14.2 Å². The SMILES string of the molecule is COc1cc(C2(CN)CCCCC2)c(OC)cc1C(C)F. The highest BCUT2D eigenvalue weighted by atomic mass is 19.1. The molecule has 2 N–H and O–H groups in total. The van der Waals surface area contributed by atoms with Crippen LogP contribution in [-0.4, -0.2) is 20.8 Å². The van der Waals surface area contributed by atoms with Gasteiger partial charge in [-0.15, -0.1) is 0 Å². The molecular formula is C17H26FNO2. The molecule has 0 bridgehead atoms. The zero-order valence-electron chi connectivity index (χ0n) is 13.2. The van der Waals surface area contributed by atoms with Crippen LogP contribution in [0.5, 0.6) is 11.5 Å². The molecule has 3 nitrogen and oxygen atoms in total. The Balaban J connectivity index is 2.55. The molecule has 0 amide bonds. The number of halogens is 1. The summed E-state index contributed by atoms with van der Waals surface area (Å²) in [5, 5.41) is 0. The van der Waals surface area contributed by atoms with Gasteiger partial charge in [0, 0.05) is 23.1 Å². The number of ether oxygens (including phenoxy) is 2. The van der Waals surface area contributed by atoms with Crippen LogP contribution in [0.1, 0.15) is 56.3 Å². The molecule has 0 radical (unpaired) electrons. The van der Waals surface area contributed by atoms with Crippen LogP contribution >= 0.6 is 0 Å². The average molecular weight is 295 g/mol. The maximum Gasteiger partial charge on any atom is 0.126 e. The Morgan fingerprint density at radius 1 is 1.14 bits per heavy atom. The molecule has 1 aliphatic carbocycles. The highest BCUT2D eigenvalue weighted by Gasteiger charge is 2.36. The zero-order chi connectivity index (χ0) is 15.5. The van der Waals surface area contributed by atoms with Crippen molar-refractivity contribution < 1.29 is 13.9 Å². The number of nitrogens with two attached hydrogens (primary N) is 1. The van der Waals surface area contributed by atoms with Crippen LogP contribution in [0.15, 0.2) is 12.1 Å². The van der Waals surface area contributed by atoms with E-state index in [9.17, 15) is 4.39 Å². The Morgan fingerprint density at radius 2 is 1.76 bits per heavy atom. The Labute approximate surface area is 126 Å². The summed E-state index contributed by atoms with van der Waals surface area (Å²) in [6.07, 6.45) is 4.60. The van der Waals surface area contributed by atoms with Crippen molar-refractivity contribution in [3.63, 3.8) is 0 Å². The van der Waals surface area contributed by atoms with Crippen LogP contribution in [0.3, 0.4) is 0 Å². The van der Waals surface area contributed by atoms with Gasteiger partial charge in [0.15, 0.2) is 0 Å². The Morgan fingerprint density at radius 3 is 2.24 bits per heavy atom. The second-order valence-corrected chi connectivity index (χ2v) is 5.96. The Hall–Kier alpha value is -1.29. The van der Waals surface area contributed by atoms with Gasteiger partial charge in [-0.05, 0) is 31.9 Å². The molecule has 1 aromatic carbocycles. The number of benzene rings is 1. The van der Waals surface area contributed by atoms with Crippen LogP contribution in [0.25, 0.3) is 0 Å². The number of rotatable bonds is 5. The van der Waals surface area contributed by atoms with Crippen LogP contribution in [0, 0.1) is 0 Å². The van der Waals surface area contributed by atoms with Gasteiger partial charge in [-0.1, -0.05) is 19.3 Å². The zero-order valence-corrected chi connectivity index (χ0v) is 13.2. The molecule has 1 fully saturated rings. The lowest BCUT2D eigenvalue weighted by Gasteiger charge is -2.38. The largest absolute Gasteiger partial charge is 0.496 e. The quantitative estimate of drug-likeness (QED) is 0.896. The molecule has 0 heterocycles. The number of alkyl halides is 1. The summed E-state index contributed by atoms with van der Waals surface area (Å²) in [6, 6.07) is 3.70. The molecule has 2 rings (SSSR count). The van der Waals surface area contributed by atoms with Crippen LogP contribution in [0.4, 0.5) is 4.39 Å². The van der Waals surface area contributed by atoms with Gasteiger partial charge in [0.25, 0.3) is 0 Å². The van der Waals surface area contributed by atoms with E-state index in [0.717, 1.165) is 24.2 Å². The molecule has 0 spiro atoms. The molecule has 1 unspecified atom stereocenters. The van der Waals surface area contributed by atoms with Crippen molar-refractivity contribution in [1.29, 1.82) is 0 Å². The lowest BCUT2D eigenvalue weighted by Crippen LogP contribution is -2.37. The Kier molecular flexibility index (Phi) is 5.09. The highest BCUT2D eigenvalue weighted by molar-refractivity contribution is 5.51. The van der Waals surface area contributed by atoms with Crippen molar-refractivity contribution in [2.45, 2.75) is 50.6 Å². The molecule has 0 aromatic heterocycles. The van der Waals surface area contributed by atoms with E-state index in [-0.39, 0.29) is 5.41 Å². The summed E-state index contributed by atoms with van der Waals surface area (Å²) < 4.78 is 24.7. The van der Waals surface area contributed by atoms with Crippen molar-refractivity contribution >= 4 is 0 Å². The van der Waals surface area contributed by atoms with E-state index in [1.165, 1.54) is 26.2 Å². The van der Waals surface area contributed by atoms with E-state index in [1.807, 2.05) is 6.07 Å². The van der Waals surface area contributed by atoms with E-state index in [0.29, 0.717) is 17.9 Å². The third kappa shape index (κ3) is 3.00. The minimum atomic E-state index is -1.09. The maximum absolute atomic E-state index is 13.8. The fraction of sp³-hybridized carbons (Fsp3) is 0.647. The van der Waals surface area contributed by atoms with Crippen molar-refractivity contribution in [3.8, 4) is 11.5 Å². The van der Waals surface area contributed by atoms with Gasteiger partial charge in [0.2, 0.25) is 0 Å². The summed E-state index contributed by atoms with van der Waals surface area (Å²) in [4.78, 5) is 0. The summed E-state index contributed by atoms with van der Waals surface area (Å²) in [6.45, 7) is 2.09. The average Bonchev–Trinajstić information content (AvgIpc) is 2.54. The standard InChI is InChI=1S/C17H26FNO2/c1-12(18)13-9-16(21-3)14(10-15(13)20-2)17(11-19)7-5-4-6-8-17/h9-10,12H,4-8,11,19H2,1-3H3. The molecule has 1 aromatic rings. The van der Waals surface area contributed by atoms with E-state index >= 15 is 0 Å². The summed E-state index contributed by atoms with van der Waals surface area (Å²) in [5.74, 6) is 1.31. The van der Waals surface area contributed by atoms with Crippen molar-refractivity contribution in [1.82, 2.24) is 0 Å². The van der Waals surface area contributed by atoms with Gasteiger partial charge in [-0.3, -0.25) is 0 Å². The van der Waals surface area contributed by atoms with Gasteiger partial charge in [-0.2, -0.15) is 0 Å². The minimum absolute atomic E-state index is 0.0745. The smallest absolute Gasteiger partial charge is 0.126 e. The van der Waals surface area contributed by atoms with Crippen LogP contribution < -0.4 is 15.2 Å². The number of hydrogen-bond acceptors (Lipinski definition) is 3. The van der Waals surface area contributed by atoms with Crippen molar-refractivity contribution in [2.24, 2.45) is 5.73 Å². The molecule has 21 heavy (non-hydrogen) atoms. The maximum atomic E-state index is 13.8. The molecule has 1 atom stereocenters. The Bertz CT molecular complexity index is 482. The van der Waals surface area contributed by atoms with Gasteiger partial charge in [0.1, 0.15) is 17.7 Å². The minimum Gasteiger partial charge on any atom is -0.496 e. The summed E-state index contributed by atoms with van der Waals surface area (Å²) >= 11 is 0. The highest BCUT2D eigenvalue weighted by Crippen LogP contribution is 2.46. The summed E-state index contributed by atoms with van der Waals surface area (Å²) in [5.41, 5.74) is 7.63. The molecule has 4 heteroatoms. The number of methoxy groups -OCH3 is 2. The molecular weight excluding hydrogens is 269 g/mol. The van der Waals surface area contributed by atoms with Crippen molar-refractivity contribution in [2.75, 3.05) is 20.8 Å². The van der Waals surface area contributed by atoms with Gasteiger partial charge < -0.3 is 15.2 Å². The molecule has 1 saturated carbocycles. The molecule has 0 aliphatic heterocycles. The van der Waals surface area contributed by atoms with Crippen LogP contribution in [0.2, 0.25) is 0 Å². The predicted molar refractivity (Wildman–Crippen MR) is 82.9 cm³/mol.